The van der Waals surface area contributed by atoms with Crippen molar-refractivity contribution in [3.8, 4) is 11.8 Å². The Bertz CT molecular complexity index is 1500. The van der Waals surface area contributed by atoms with Gasteiger partial charge in [-0.1, -0.05) is 41.4 Å². The van der Waals surface area contributed by atoms with Gasteiger partial charge in [-0.05, 0) is 49.2 Å². The maximum absolute atomic E-state index is 12.4. The summed E-state index contributed by atoms with van der Waals surface area (Å²) in [5.74, 6) is 4.54. The summed E-state index contributed by atoms with van der Waals surface area (Å²) in [6.45, 7) is 1.69. The lowest BCUT2D eigenvalue weighted by molar-refractivity contribution is -0.140. The van der Waals surface area contributed by atoms with Gasteiger partial charge in [0.1, 0.15) is 22.1 Å². The highest BCUT2D eigenvalue weighted by Crippen LogP contribution is 2.48. The minimum Gasteiger partial charge on any atom is -0.480 e. The van der Waals surface area contributed by atoms with Gasteiger partial charge in [-0.3, -0.25) is 10.1 Å². The number of nitrogens with zero attached hydrogens (tertiary/aromatic N) is 3. The summed E-state index contributed by atoms with van der Waals surface area (Å²) in [4.78, 5) is 32.4. The molecule has 1 fully saturated rings. The van der Waals surface area contributed by atoms with E-state index in [1.165, 1.54) is 0 Å². The summed E-state index contributed by atoms with van der Waals surface area (Å²) >= 11 is 13.2. The molecule has 3 aromatic heterocycles. The summed E-state index contributed by atoms with van der Waals surface area (Å²) in [6.07, 6.45) is -0.487. The van der Waals surface area contributed by atoms with Gasteiger partial charge in [0.15, 0.2) is 5.15 Å². The summed E-state index contributed by atoms with van der Waals surface area (Å²) in [7, 11) is 0. The van der Waals surface area contributed by atoms with E-state index in [1.807, 2.05) is 0 Å². The molecule has 0 bridgehead atoms. The van der Waals surface area contributed by atoms with Gasteiger partial charge in [-0.2, -0.15) is 14.3 Å². The van der Waals surface area contributed by atoms with E-state index in [-0.39, 0.29) is 34.0 Å². The molecule has 10 nitrogen and oxygen atoms in total. The molecule has 0 aliphatic heterocycles. The highest BCUT2D eigenvalue weighted by atomic mass is 35.5. The number of hydrogen-bond donors (Lipinski definition) is 2. The second-order valence-electron chi connectivity index (χ2n) is 7.66. The van der Waals surface area contributed by atoms with Gasteiger partial charge in [-0.15, -0.1) is 0 Å². The topological polar surface area (TPSA) is 141 Å². The van der Waals surface area contributed by atoms with Crippen LogP contribution in [0, 0.1) is 11.8 Å². The molecule has 1 aromatic carbocycles. The monoisotopic (exact) mass is 532 g/mol. The molecule has 1 atom stereocenters. The van der Waals surface area contributed by atoms with Crippen LogP contribution < -0.4 is 5.32 Å². The predicted octanol–water partition coefficient (Wildman–Crippen LogP) is 5.40. The van der Waals surface area contributed by atoms with Crippen LogP contribution in [0.15, 0.2) is 33.1 Å². The summed E-state index contributed by atoms with van der Waals surface area (Å²) in [5, 5.41) is 12.4. The SMILES string of the molecule is CC(OC(=O)Nc1c(Cl)nsc1C#Cc1nc2oc(C3(C(=O)O)CC3)nc2o1)c1ccccc1Cl. The molecule has 13 heteroatoms. The van der Waals surface area contributed by atoms with Crippen molar-refractivity contribution in [1.29, 1.82) is 0 Å². The third-order valence-electron chi connectivity index (χ3n) is 5.33. The van der Waals surface area contributed by atoms with Gasteiger partial charge < -0.3 is 18.7 Å². The zero-order chi connectivity index (χ0) is 24.7. The second-order valence-corrected chi connectivity index (χ2v) is 9.20. The maximum atomic E-state index is 12.4. The summed E-state index contributed by atoms with van der Waals surface area (Å²) in [6, 6.07) is 7.03. The molecule has 4 aromatic rings. The van der Waals surface area contributed by atoms with E-state index >= 15 is 0 Å². The fourth-order valence-corrected chi connectivity index (χ4v) is 4.47. The Morgan fingerprint density at radius 1 is 1.20 bits per heavy atom. The molecule has 1 unspecified atom stereocenters. The number of rotatable bonds is 5. The minimum absolute atomic E-state index is 0.0108. The van der Waals surface area contributed by atoms with E-state index in [4.69, 9.17) is 36.8 Å². The fourth-order valence-electron chi connectivity index (χ4n) is 3.28. The average molecular weight is 533 g/mol. The number of carboxylic acid groups (broad SMARTS) is 1. The van der Waals surface area contributed by atoms with Crippen LogP contribution in [0.3, 0.4) is 0 Å². The van der Waals surface area contributed by atoms with Crippen molar-refractivity contribution < 1.29 is 28.3 Å². The van der Waals surface area contributed by atoms with Gasteiger partial charge in [0.25, 0.3) is 17.3 Å². The van der Waals surface area contributed by atoms with E-state index in [0.29, 0.717) is 28.3 Å². The van der Waals surface area contributed by atoms with E-state index in [1.54, 1.807) is 31.2 Å². The van der Waals surface area contributed by atoms with Gasteiger partial charge in [-0.25, -0.2) is 4.79 Å². The number of ether oxygens (including phenoxy) is 1. The van der Waals surface area contributed by atoms with E-state index in [0.717, 1.165) is 11.5 Å². The van der Waals surface area contributed by atoms with Crippen molar-refractivity contribution >= 4 is 63.9 Å². The smallest absolute Gasteiger partial charge is 0.412 e. The normalized spacial score (nSPS) is 14.7. The van der Waals surface area contributed by atoms with Crippen molar-refractivity contribution in [2.45, 2.75) is 31.3 Å². The Balaban J connectivity index is 1.30. The van der Waals surface area contributed by atoms with Crippen LogP contribution in [0.25, 0.3) is 11.4 Å². The number of nitrogens with one attached hydrogen (secondary N) is 1. The number of fused-ring (bicyclic) bond motifs is 1. The first-order chi connectivity index (χ1) is 16.8. The zero-order valence-corrected chi connectivity index (χ0v) is 20.1. The number of carbonyl (C=O) groups is 2. The summed E-state index contributed by atoms with van der Waals surface area (Å²) in [5.41, 5.74) is -0.176. The minimum atomic E-state index is -1.10. The van der Waals surface area contributed by atoms with Crippen LogP contribution in [0.1, 0.15) is 48.1 Å². The molecule has 3 heterocycles. The number of aliphatic carboxylic acids is 1. The van der Waals surface area contributed by atoms with Crippen molar-refractivity contribution in [2.24, 2.45) is 0 Å². The number of carbonyl (C=O) groups excluding carboxylic acids is 1. The first-order valence-electron chi connectivity index (χ1n) is 10.2. The molecule has 2 N–H and O–H groups in total. The Labute approximate surface area is 211 Å². The lowest BCUT2D eigenvalue weighted by Crippen LogP contribution is -2.19. The quantitative estimate of drug-likeness (QED) is 0.323. The van der Waals surface area contributed by atoms with Crippen molar-refractivity contribution in [3.05, 3.63) is 56.7 Å². The highest BCUT2D eigenvalue weighted by molar-refractivity contribution is 7.07. The largest absolute Gasteiger partial charge is 0.480 e. The van der Waals surface area contributed by atoms with Gasteiger partial charge >= 0.3 is 12.1 Å². The molecule has 1 amide bonds. The van der Waals surface area contributed by atoms with E-state index in [2.05, 4.69) is 31.5 Å². The van der Waals surface area contributed by atoms with Crippen molar-refractivity contribution in [1.82, 2.24) is 14.3 Å². The van der Waals surface area contributed by atoms with Crippen LogP contribution in [0.5, 0.6) is 0 Å². The molecule has 1 aliphatic rings. The number of oxazole rings is 2. The first-order valence-corrected chi connectivity index (χ1v) is 11.7. The molecular weight excluding hydrogens is 519 g/mol. The standard InChI is InChI=1S/C22H14Cl2N4O6S/c1-10(11-4-2-3-5-12(11)23)32-21(31)26-15-13(35-28-16(15)24)6-7-14-25-17-18(33-14)27-19(34-17)22(8-9-22)20(29)30/h2-5,10H,8-9H2,1H3,(H,26,31)(H,29,30). The zero-order valence-electron chi connectivity index (χ0n) is 17.8. The third-order valence-corrected chi connectivity index (χ3v) is 6.81. The van der Waals surface area contributed by atoms with Gasteiger partial charge in [0.05, 0.1) is 0 Å². The molecule has 178 valence electrons. The highest BCUT2D eigenvalue weighted by Gasteiger charge is 2.56. The number of hydrogen-bond acceptors (Lipinski definition) is 9. The molecule has 0 spiro atoms. The van der Waals surface area contributed by atoms with E-state index < -0.39 is 23.6 Å². The number of halogens is 2. The third kappa shape index (κ3) is 4.43. The van der Waals surface area contributed by atoms with Crippen molar-refractivity contribution in [3.63, 3.8) is 0 Å². The van der Waals surface area contributed by atoms with Crippen LogP contribution in [0.2, 0.25) is 10.2 Å². The Kier molecular flexibility index (Phi) is 5.88. The maximum Gasteiger partial charge on any atom is 0.412 e. The lowest BCUT2D eigenvalue weighted by atomic mass is 10.1. The second kappa shape index (κ2) is 8.88. The van der Waals surface area contributed by atoms with Gasteiger partial charge in [0.2, 0.25) is 5.89 Å². The Morgan fingerprint density at radius 2 is 1.94 bits per heavy atom. The van der Waals surface area contributed by atoms with Gasteiger partial charge in [0, 0.05) is 10.6 Å². The van der Waals surface area contributed by atoms with Crippen LogP contribution >= 0.6 is 34.7 Å². The average Bonchev–Trinajstić information content (AvgIpc) is 3.25. The molecule has 35 heavy (non-hydrogen) atoms. The lowest BCUT2D eigenvalue weighted by Gasteiger charge is -2.15. The van der Waals surface area contributed by atoms with Crippen LogP contribution in [-0.2, 0) is 14.9 Å². The van der Waals surface area contributed by atoms with Crippen molar-refractivity contribution in [2.75, 3.05) is 5.32 Å². The number of anilines is 1. The fraction of sp³-hybridized carbons (Fsp3) is 0.227. The Hall–Kier alpha value is -3.59. The number of amides is 1. The molecular formula is C22H14Cl2N4O6S. The molecule has 5 rings (SSSR count). The van der Waals surface area contributed by atoms with Crippen LogP contribution in [-0.4, -0.2) is 31.5 Å². The number of aromatic nitrogens is 3. The van der Waals surface area contributed by atoms with E-state index in [9.17, 15) is 14.7 Å². The summed E-state index contributed by atoms with van der Waals surface area (Å²) < 4.78 is 20.3. The molecule has 0 saturated heterocycles. The molecule has 0 radical (unpaired) electrons. The number of carboxylic acids is 1. The van der Waals surface area contributed by atoms with Crippen LogP contribution in [0.4, 0.5) is 10.5 Å². The number of benzene rings is 1. The molecule has 1 aliphatic carbocycles. The first kappa shape index (κ1) is 23.2. The predicted molar refractivity (Wildman–Crippen MR) is 126 cm³/mol. The molecule has 1 saturated carbocycles. The Morgan fingerprint density at radius 3 is 2.63 bits per heavy atom.